The van der Waals surface area contributed by atoms with E-state index in [9.17, 15) is 4.79 Å². The fourth-order valence-corrected chi connectivity index (χ4v) is 3.55. The maximum absolute atomic E-state index is 12.0. The predicted molar refractivity (Wildman–Crippen MR) is 98.4 cm³/mol. The number of aromatic nitrogens is 2. The molecule has 3 rings (SSSR count). The van der Waals surface area contributed by atoms with Gasteiger partial charge in [-0.2, -0.15) is 0 Å². The number of rotatable bonds is 7. The largest absolute Gasteiger partial charge is 0.374 e. The molecular formula is C18H24N4O2S. The summed E-state index contributed by atoms with van der Waals surface area (Å²) < 4.78 is 7.69. The van der Waals surface area contributed by atoms with E-state index in [1.54, 1.807) is 6.20 Å². The first-order chi connectivity index (χ1) is 12.2. The van der Waals surface area contributed by atoms with E-state index in [0.717, 1.165) is 24.8 Å². The highest BCUT2D eigenvalue weighted by Crippen LogP contribution is 2.14. The number of benzene rings is 1. The lowest BCUT2D eigenvalue weighted by Crippen LogP contribution is -2.47. The van der Waals surface area contributed by atoms with E-state index in [1.807, 2.05) is 23.9 Å². The van der Waals surface area contributed by atoms with Crippen molar-refractivity contribution in [3.63, 3.8) is 0 Å². The van der Waals surface area contributed by atoms with Crippen LogP contribution in [0.2, 0.25) is 0 Å². The van der Waals surface area contributed by atoms with Gasteiger partial charge >= 0.3 is 0 Å². The van der Waals surface area contributed by atoms with E-state index in [4.69, 9.17) is 4.74 Å². The zero-order valence-corrected chi connectivity index (χ0v) is 15.2. The summed E-state index contributed by atoms with van der Waals surface area (Å²) in [4.78, 5) is 18.6. The van der Waals surface area contributed by atoms with Crippen LogP contribution in [0.15, 0.2) is 47.9 Å². The Morgan fingerprint density at radius 1 is 1.40 bits per heavy atom. The Hall–Kier alpha value is -1.83. The number of imidazole rings is 1. The molecule has 1 fully saturated rings. The highest BCUT2D eigenvalue weighted by molar-refractivity contribution is 7.99. The maximum Gasteiger partial charge on any atom is 0.230 e. The van der Waals surface area contributed by atoms with Gasteiger partial charge in [-0.1, -0.05) is 42.1 Å². The molecule has 1 saturated heterocycles. The summed E-state index contributed by atoms with van der Waals surface area (Å²) in [5, 5.41) is 3.82. The number of thioether (sulfide) groups is 1. The van der Waals surface area contributed by atoms with Crippen molar-refractivity contribution in [3.8, 4) is 0 Å². The predicted octanol–water partition coefficient (Wildman–Crippen LogP) is 1.53. The first-order valence-electron chi connectivity index (χ1n) is 8.45. The summed E-state index contributed by atoms with van der Waals surface area (Å²) in [6.07, 6.45) is 3.65. The van der Waals surface area contributed by atoms with Crippen molar-refractivity contribution in [2.75, 3.05) is 32.0 Å². The summed E-state index contributed by atoms with van der Waals surface area (Å²) in [6, 6.07) is 10.4. The van der Waals surface area contributed by atoms with Crippen LogP contribution in [0.5, 0.6) is 0 Å². The highest BCUT2D eigenvalue weighted by atomic mass is 32.2. The van der Waals surface area contributed by atoms with Crippen LogP contribution in [0, 0.1) is 0 Å². The second kappa shape index (κ2) is 9.03. The molecule has 0 bridgehead atoms. The van der Waals surface area contributed by atoms with Gasteiger partial charge in [0.2, 0.25) is 5.91 Å². The van der Waals surface area contributed by atoms with Crippen molar-refractivity contribution in [2.24, 2.45) is 7.05 Å². The minimum atomic E-state index is 0.0109. The number of carbonyl (C=O) groups excluding carboxylic acids is 1. The number of ether oxygens (including phenoxy) is 1. The molecule has 0 spiro atoms. The number of hydrogen-bond donors (Lipinski definition) is 1. The van der Waals surface area contributed by atoms with Gasteiger partial charge in [-0.15, -0.1) is 0 Å². The van der Waals surface area contributed by atoms with Gasteiger partial charge in [0.05, 0.1) is 18.5 Å². The zero-order chi connectivity index (χ0) is 17.5. The number of amides is 1. The quantitative estimate of drug-likeness (QED) is 0.759. The zero-order valence-electron chi connectivity index (χ0n) is 14.4. The minimum Gasteiger partial charge on any atom is -0.374 e. The molecule has 1 amide bonds. The number of carbonyl (C=O) groups is 1. The van der Waals surface area contributed by atoms with Gasteiger partial charge in [0.1, 0.15) is 0 Å². The first kappa shape index (κ1) is 18.0. The molecular weight excluding hydrogens is 336 g/mol. The van der Waals surface area contributed by atoms with Crippen LogP contribution >= 0.6 is 11.8 Å². The Bertz CT molecular complexity index is 677. The topological polar surface area (TPSA) is 59.4 Å². The molecule has 2 heterocycles. The lowest BCUT2D eigenvalue weighted by molar-refractivity contribution is -0.119. The molecule has 25 heavy (non-hydrogen) atoms. The molecule has 1 atom stereocenters. The molecule has 0 saturated carbocycles. The second-order valence-corrected chi connectivity index (χ2v) is 7.07. The number of nitrogens with one attached hydrogen (secondary N) is 1. The number of aryl methyl sites for hydroxylation is 1. The standard InChI is InChI=1S/C18H24N4O2S/c1-21-8-7-19-18(21)25-14-17(23)20-11-16-13-22(9-10-24-16)12-15-5-3-2-4-6-15/h2-8,16H,9-14H2,1H3,(H,20,23). The molecule has 0 aliphatic carbocycles. The van der Waals surface area contributed by atoms with Crippen LogP contribution in [-0.4, -0.2) is 58.5 Å². The van der Waals surface area contributed by atoms with E-state index < -0.39 is 0 Å². The molecule has 1 N–H and O–H groups in total. The fourth-order valence-electron chi connectivity index (χ4n) is 2.79. The molecule has 1 aliphatic rings. The highest BCUT2D eigenvalue weighted by Gasteiger charge is 2.21. The van der Waals surface area contributed by atoms with Crippen molar-refractivity contribution in [3.05, 3.63) is 48.3 Å². The molecule has 0 radical (unpaired) electrons. The first-order valence-corrected chi connectivity index (χ1v) is 9.44. The summed E-state index contributed by atoms with van der Waals surface area (Å²) in [7, 11) is 1.92. The Morgan fingerprint density at radius 3 is 3.00 bits per heavy atom. The minimum absolute atomic E-state index is 0.0109. The molecule has 134 valence electrons. The number of hydrogen-bond acceptors (Lipinski definition) is 5. The van der Waals surface area contributed by atoms with Gasteiger partial charge in [-0.05, 0) is 5.56 Å². The SMILES string of the molecule is Cn1ccnc1SCC(=O)NCC1CN(Cc2ccccc2)CCO1. The van der Waals surface area contributed by atoms with Gasteiger partial charge in [-0.25, -0.2) is 4.98 Å². The van der Waals surface area contributed by atoms with Gasteiger partial charge in [0.15, 0.2) is 5.16 Å². The number of nitrogens with zero attached hydrogens (tertiary/aromatic N) is 3. The van der Waals surface area contributed by atoms with E-state index in [-0.39, 0.29) is 12.0 Å². The van der Waals surface area contributed by atoms with E-state index >= 15 is 0 Å². The van der Waals surface area contributed by atoms with Crippen molar-refractivity contribution >= 4 is 17.7 Å². The van der Waals surface area contributed by atoms with Gasteiger partial charge in [0, 0.05) is 45.6 Å². The van der Waals surface area contributed by atoms with Crippen LogP contribution < -0.4 is 5.32 Å². The summed E-state index contributed by atoms with van der Waals surface area (Å²) in [5.41, 5.74) is 1.30. The molecule has 6 nitrogen and oxygen atoms in total. The van der Waals surface area contributed by atoms with Crippen LogP contribution in [0.25, 0.3) is 0 Å². The van der Waals surface area contributed by atoms with Crippen molar-refractivity contribution in [1.82, 2.24) is 19.8 Å². The van der Waals surface area contributed by atoms with Crippen molar-refractivity contribution in [2.45, 2.75) is 17.8 Å². The third-order valence-electron chi connectivity index (χ3n) is 4.11. The smallest absolute Gasteiger partial charge is 0.230 e. The second-order valence-electron chi connectivity index (χ2n) is 6.13. The molecule has 1 aliphatic heterocycles. The summed E-state index contributed by atoms with van der Waals surface area (Å²) >= 11 is 1.44. The lowest BCUT2D eigenvalue weighted by Gasteiger charge is -2.33. The van der Waals surface area contributed by atoms with E-state index in [0.29, 0.717) is 18.9 Å². The van der Waals surface area contributed by atoms with Crippen LogP contribution in [0.3, 0.4) is 0 Å². The van der Waals surface area contributed by atoms with E-state index in [2.05, 4.69) is 39.5 Å². The third kappa shape index (κ3) is 5.59. The average Bonchev–Trinajstić information content (AvgIpc) is 3.04. The molecule has 1 unspecified atom stereocenters. The third-order valence-corrected chi connectivity index (χ3v) is 5.17. The molecule has 1 aromatic heterocycles. The fraction of sp³-hybridized carbons (Fsp3) is 0.444. The van der Waals surface area contributed by atoms with E-state index in [1.165, 1.54) is 17.3 Å². The van der Waals surface area contributed by atoms with Crippen LogP contribution in [0.1, 0.15) is 5.56 Å². The number of morpholine rings is 1. The van der Waals surface area contributed by atoms with Gasteiger partial charge in [0.25, 0.3) is 0 Å². The molecule has 2 aromatic rings. The van der Waals surface area contributed by atoms with Crippen molar-refractivity contribution < 1.29 is 9.53 Å². The van der Waals surface area contributed by atoms with Gasteiger partial charge < -0.3 is 14.6 Å². The summed E-state index contributed by atoms with van der Waals surface area (Å²) in [6.45, 7) is 3.93. The Labute approximate surface area is 152 Å². The van der Waals surface area contributed by atoms with Crippen LogP contribution in [-0.2, 0) is 23.1 Å². The van der Waals surface area contributed by atoms with Gasteiger partial charge in [-0.3, -0.25) is 9.69 Å². The normalized spacial score (nSPS) is 18.2. The Morgan fingerprint density at radius 2 is 2.24 bits per heavy atom. The maximum atomic E-state index is 12.0. The summed E-state index contributed by atoms with van der Waals surface area (Å²) in [5.74, 6) is 0.377. The Balaban J connectivity index is 1.39. The van der Waals surface area contributed by atoms with Crippen molar-refractivity contribution in [1.29, 1.82) is 0 Å². The molecule has 7 heteroatoms. The average molecular weight is 360 g/mol. The molecule has 1 aromatic carbocycles. The lowest BCUT2D eigenvalue weighted by atomic mass is 10.2. The monoisotopic (exact) mass is 360 g/mol. The van der Waals surface area contributed by atoms with Crippen LogP contribution in [0.4, 0.5) is 0 Å². The Kier molecular flexibility index (Phi) is 6.49.